The third-order valence-electron chi connectivity index (χ3n) is 3.39. The number of aromatic nitrogens is 3. The van der Waals surface area contributed by atoms with Crippen LogP contribution < -0.4 is 5.32 Å². The number of anilines is 1. The SMILES string of the molecule is Cc1nc(Cc2cccc(O)c2)sc1NC(=O)c1ccnn1C. The monoisotopic (exact) mass is 328 g/mol. The van der Waals surface area contributed by atoms with Crippen molar-refractivity contribution in [2.24, 2.45) is 7.05 Å². The highest BCUT2D eigenvalue weighted by Crippen LogP contribution is 2.27. The second-order valence-corrected chi connectivity index (χ2v) is 6.25. The lowest BCUT2D eigenvalue weighted by atomic mass is 10.1. The number of amides is 1. The van der Waals surface area contributed by atoms with Crippen molar-refractivity contribution in [1.82, 2.24) is 14.8 Å². The highest BCUT2D eigenvalue weighted by molar-refractivity contribution is 7.16. The summed E-state index contributed by atoms with van der Waals surface area (Å²) in [6.45, 7) is 1.86. The Kier molecular flexibility index (Phi) is 4.12. The van der Waals surface area contributed by atoms with Crippen molar-refractivity contribution < 1.29 is 9.90 Å². The Hall–Kier alpha value is -2.67. The number of phenolic OH excluding ortho intramolecular Hbond substituents is 1. The molecule has 2 aromatic heterocycles. The highest BCUT2D eigenvalue weighted by Gasteiger charge is 2.15. The highest BCUT2D eigenvalue weighted by atomic mass is 32.1. The summed E-state index contributed by atoms with van der Waals surface area (Å²) < 4.78 is 1.53. The van der Waals surface area contributed by atoms with Crippen LogP contribution in [0.5, 0.6) is 5.75 Å². The molecule has 23 heavy (non-hydrogen) atoms. The second-order valence-electron chi connectivity index (χ2n) is 5.16. The third kappa shape index (κ3) is 3.40. The Morgan fingerprint density at radius 3 is 2.91 bits per heavy atom. The molecule has 0 aliphatic rings. The zero-order chi connectivity index (χ0) is 16.4. The molecule has 0 aliphatic heterocycles. The summed E-state index contributed by atoms with van der Waals surface area (Å²) in [4.78, 5) is 16.7. The summed E-state index contributed by atoms with van der Waals surface area (Å²) >= 11 is 1.44. The van der Waals surface area contributed by atoms with Crippen molar-refractivity contribution in [2.75, 3.05) is 5.32 Å². The molecule has 2 N–H and O–H groups in total. The van der Waals surface area contributed by atoms with Crippen molar-refractivity contribution in [3.05, 3.63) is 58.5 Å². The number of carbonyl (C=O) groups excluding carboxylic acids is 1. The van der Waals surface area contributed by atoms with E-state index in [-0.39, 0.29) is 11.7 Å². The predicted octanol–water partition coefficient (Wildman–Crippen LogP) is 2.73. The number of thiazole rings is 1. The molecule has 0 unspecified atom stereocenters. The molecule has 0 fully saturated rings. The molecule has 7 heteroatoms. The molecule has 3 aromatic rings. The van der Waals surface area contributed by atoms with Crippen molar-refractivity contribution in [3.63, 3.8) is 0 Å². The Bertz CT molecular complexity index is 853. The molecule has 0 radical (unpaired) electrons. The number of benzene rings is 1. The molecular formula is C16H16N4O2S. The molecular weight excluding hydrogens is 312 g/mol. The molecule has 0 bridgehead atoms. The fraction of sp³-hybridized carbons (Fsp3) is 0.188. The van der Waals surface area contributed by atoms with E-state index < -0.39 is 0 Å². The number of hydrogen-bond acceptors (Lipinski definition) is 5. The van der Waals surface area contributed by atoms with Gasteiger partial charge in [0.2, 0.25) is 0 Å². The normalized spacial score (nSPS) is 10.7. The van der Waals surface area contributed by atoms with Gasteiger partial charge in [-0.15, -0.1) is 11.3 Å². The first-order valence-electron chi connectivity index (χ1n) is 7.06. The smallest absolute Gasteiger partial charge is 0.274 e. The van der Waals surface area contributed by atoms with E-state index in [1.54, 1.807) is 37.5 Å². The van der Waals surface area contributed by atoms with Crippen LogP contribution in [0.3, 0.4) is 0 Å². The van der Waals surface area contributed by atoms with Crippen LogP contribution in [0.2, 0.25) is 0 Å². The number of nitrogens with one attached hydrogen (secondary N) is 1. The summed E-state index contributed by atoms with van der Waals surface area (Å²) in [6.07, 6.45) is 2.20. The molecule has 0 saturated heterocycles. The maximum atomic E-state index is 12.2. The summed E-state index contributed by atoms with van der Waals surface area (Å²) in [6, 6.07) is 8.75. The van der Waals surface area contributed by atoms with Gasteiger partial charge in [-0.2, -0.15) is 5.10 Å². The summed E-state index contributed by atoms with van der Waals surface area (Å²) in [5.41, 5.74) is 2.25. The number of phenols is 1. The van der Waals surface area contributed by atoms with E-state index in [0.29, 0.717) is 12.1 Å². The number of carbonyl (C=O) groups is 1. The molecule has 6 nitrogen and oxygen atoms in total. The van der Waals surface area contributed by atoms with E-state index in [4.69, 9.17) is 0 Å². The molecule has 1 amide bonds. The fourth-order valence-corrected chi connectivity index (χ4v) is 3.24. The third-order valence-corrected chi connectivity index (χ3v) is 4.46. The maximum absolute atomic E-state index is 12.2. The molecule has 1 aromatic carbocycles. The van der Waals surface area contributed by atoms with Gasteiger partial charge in [0.1, 0.15) is 16.4 Å². The number of aryl methyl sites for hydroxylation is 2. The van der Waals surface area contributed by atoms with Gasteiger partial charge in [-0.1, -0.05) is 12.1 Å². The van der Waals surface area contributed by atoms with Gasteiger partial charge in [0.25, 0.3) is 5.91 Å². The molecule has 3 rings (SSSR count). The van der Waals surface area contributed by atoms with Gasteiger partial charge in [-0.3, -0.25) is 9.48 Å². The molecule has 0 spiro atoms. The first-order valence-corrected chi connectivity index (χ1v) is 7.88. The van der Waals surface area contributed by atoms with Crippen LogP contribution in [-0.2, 0) is 13.5 Å². The van der Waals surface area contributed by atoms with Crippen molar-refractivity contribution >= 4 is 22.2 Å². The summed E-state index contributed by atoms with van der Waals surface area (Å²) in [5, 5.41) is 18.0. The zero-order valence-electron chi connectivity index (χ0n) is 12.8. The van der Waals surface area contributed by atoms with Crippen LogP contribution in [0, 0.1) is 6.92 Å². The predicted molar refractivity (Wildman–Crippen MR) is 88.9 cm³/mol. The van der Waals surface area contributed by atoms with Crippen molar-refractivity contribution in [2.45, 2.75) is 13.3 Å². The Morgan fingerprint density at radius 1 is 1.39 bits per heavy atom. The lowest BCUT2D eigenvalue weighted by Gasteiger charge is -2.03. The van der Waals surface area contributed by atoms with Crippen molar-refractivity contribution in [1.29, 1.82) is 0 Å². The lowest BCUT2D eigenvalue weighted by molar-refractivity contribution is 0.101. The maximum Gasteiger partial charge on any atom is 0.274 e. The van der Waals surface area contributed by atoms with Crippen LogP contribution in [0.15, 0.2) is 36.5 Å². The molecule has 0 atom stereocenters. The van der Waals surface area contributed by atoms with E-state index in [1.165, 1.54) is 16.0 Å². The first-order chi connectivity index (χ1) is 11.0. The van der Waals surface area contributed by atoms with Crippen LogP contribution in [0.1, 0.15) is 26.8 Å². The second kappa shape index (κ2) is 6.21. The largest absolute Gasteiger partial charge is 0.508 e. The van der Waals surface area contributed by atoms with Gasteiger partial charge in [-0.05, 0) is 30.7 Å². The van der Waals surface area contributed by atoms with Crippen molar-refractivity contribution in [3.8, 4) is 5.75 Å². The Morgan fingerprint density at radius 2 is 2.22 bits per heavy atom. The van der Waals surface area contributed by atoms with Gasteiger partial charge in [-0.25, -0.2) is 4.98 Å². The van der Waals surface area contributed by atoms with E-state index in [9.17, 15) is 9.90 Å². The average Bonchev–Trinajstić information content (AvgIpc) is 3.05. The van der Waals surface area contributed by atoms with Gasteiger partial charge in [0.15, 0.2) is 0 Å². The average molecular weight is 328 g/mol. The topological polar surface area (TPSA) is 80.0 Å². The quantitative estimate of drug-likeness (QED) is 0.772. The Labute approximate surface area is 137 Å². The van der Waals surface area contributed by atoms with E-state index in [1.807, 2.05) is 13.0 Å². The van der Waals surface area contributed by atoms with Crippen LogP contribution >= 0.6 is 11.3 Å². The standard InChI is InChI=1S/C16H16N4O2S/c1-10-16(19-15(22)13-6-7-17-20(13)2)23-14(18-10)9-11-4-3-5-12(21)8-11/h3-8,21H,9H2,1-2H3,(H,19,22). The minimum atomic E-state index is -0.208. The first kappa shape index (κ1) is 15.2. The van der Waals surface area contributed by atoms with Gasteiger partial charge in [0.05, 0.1) is 10.7 Å². The summed E-state index contributed by atoms with van der Waals surface area (Å²) in [7, 11) is 1.72. The van der Waals surface area contributed by atoms with E-state index in [0.717, 1.165) is 21.3 Å². The van der Waals surface area contributed by atoms with Crippen LogP contribution in [0.25, 0.3) is 0 Å². The number of aromatic hydroxyl groups is 1. The van der Waals surface area contributed by atoms with Crippen LogP contribution in [0.4, 0.5) is 5.00 Å². The van der Waals surface area contributed by atoms with Gasteiger partial charge in [0, 0.05) is 19.7 Å². The lowest BCUT2D eigenvalue weighted by Crippen LogP contribution is -2.15. The minimum Gasteiger partial charge on any atom is -0.508 e. The molecule has 118 valence electrons. The molecule has 0 aliphatic carbocycles. The molecule has 0 saturated carbocycles. The zero-order valence-corrected chi connectivity index (χ0v) is 13.6. The Balaban J connectivity index is 1.76. The van der Waals surface area contributed by atoms with E-state index >= 15 is 0 Å². The molecule has 2 heterocycles. The minimum absolute atomic E-state index is 0.208. The number of hydrogen-bond donors (Lipinski definition) is 2. The van der Waals surface area contributed by atoms with Gasteiger partial charge < -0.3 is 10.4 Å². The number of nitrogens with zero attached hydrogens (tertiary/aromatic N) is 3. The van der Waals surface area contributed by atoms with Gasteiger partial charge >= 0.3 is 0 Å². The fourth-order valence-electron chi connectivity index (χ4n) is 2.25. The van der Waals surface area contributed by atoms with E-state index in [2.05, 4.69) is 15.4 Å². The van der Waals surface area contributed by atoms with Crippen LogP contribution in [-0.4, -0.2) is 25.8 Å². The summed E-state index contributed by atoms with van der Waals surface area (Å²) in [5.74, 6) is 0.0289. The number of rotatable bonds is 4.